The molecular weight excluding hydrogens is 346 g/mol. The number of amides is 1. The van der Waals surface area contributed by atoms with Crippen molar-refractivity contribution in [3.05, 3.63) is 77.7 Å². The predicted octanol–water partition coefficient (Wildman–Crippen LogP) is 4.48. The van der Waals surface area contributed by atoms with Crippen molar-refractivity contribution in [2.45, 2.75) is 13.8 Å². The number of carbonyl (C=O) groups excluding carboxylic acids is 2. The van der Waals surface area contributed by atoms with E-state index in [-0.39, 0.29) is 6.61 Å². The maximum absolute atomic E-state index is 12.0. The van der Waals surface area contributed by atoms with E-state index in [0.29, 0.717) is 28.5 Å². The lowest BCUT2D eigenvalue weighted by Crippen LogP contribution is -2.21. The van der Waals surface area contributed by atoms with Gasteiger partial charge in [-0.05, 0) is 56.3 Å². The number of rotatable bonds is 6. The van der Waals surface area contributed by atoms with Crippen molar-refractivity contribution in [3.63, 3.8) is 0 Å². The van der Waals surface area contributed by atoms with E-state index in [4.69, 9.17) is 13.9 Å². The molecule has 0 unspecified atom stereocenters. The molecule has 1 amide bonds. The third kappa shape index (κ3) is 4.98. The molecule has 0 fully saturated rings. The number of para-hydroxylation sites is 1. The molecule has 3 aromatic rings. The fourth-order valence-electron chi connectivity index (χ4n) is 2.47. The lowest BCUT2D eigenvalue weighted by molar-refractivity contribution is -0.119. The molecule has 0 aliphatic carbocycles. The molecule has 0 spiro atoms. The Bertz CT molecular complexity index is 929. The van der Waals surface area contributed by atoms with Crippen LogP contribution >= 0.6 is 0 Å². The van der Waals surface area contributed by atoms with Crippen LogP contribution in [-0.4, -0.2) is 18.5 Å². The first-order valence-electron chi connectivity index (χ1n) is 8.38. The van der Waals surface area contributed by atoms with Gasteiger partial charge in [-0.15, -0.1) is 0 Å². The summed E-state index contributed by atoms with van der Waals surface area (Å²) in [5.41, 5.74) is 0.898. The van der Waals surface area contributed by atoms with E-state index in [2.05, 4.69) is 5.32 Å². The number of carbonyl (C=O) groups is 2. The van der Waals surface area contributed by atoms with Crippen LogP contribution in [0.25, 0.3) is 0 Å². The van der Waals surface area contributed by atoms with Gasteiger partial charge in [0.2, 0.25) is 0 Å². The Labute approximate surface area is 156 Å². The molecule has 1 aromatic heterocycles. The second-order valence-electron chi connectivity index (χ2n) is 5.89. The Morgan fingerprint density at radius 2 is 1.63 bits per heavy atom. The maximum Gasteiger partial charge on any atom is 0.342 e. The van der Waals surface area contributed by atoms with Crippen LogP contribution in [0.2, 0.25) is 0 Å². The Kier molecular flexibility index (Phi) is 5.56. The number of hydrogen-bond acceptors (Lipinski definition) is 5. The van der Waals surface area contributed by atoms with E-state index in [1.165, 1.54) is 0 Å². The quantitative estimate of drug-likeness (QED) is 0.652. The molecule has 6 heteroatoms. The topological polar surface area (TPSA) is 77.8 Å². The number of ether oxygens (including phenoxy) is 2. The van der Waals surface area contributed by atoms with Crippen molar-refractivity contribution in [1.29, 1.82) is 0 Å². The molecule has 1 N–H and O–H groups in total. The highest BCUT2D eigenvalue weighted by molar-refractivity contribution is 5.95. The van der Waals surface area contributed by atoms with Crippen molar-refractivity contribution >= 4 is 17.6 Å². The average molecular weight is 365 g/mol. The zero-order valence-electron chi connectivity index (χ0n) is 15.0. The molecule has 3 rings (SSSR count). The molecule has 0 aliphatic rings. The molecule has 0 atom stereocenters. The Morgan fingerprint density at radius 3 is 2.26 bits per heavy atom. The Balaban J connectivity index is 1.50. The summed E-state index contributed by atoms with van der Waals surface area (Å²) in [5, 5.41) is 2.66. The van der Waals surface area contributed by atoms with Gasteiger partial charge in [-0.2, -0.15) is 0 Å². The van der Waals surface area contributed by atoms with Gasteiger partial charge < -0.3 is 19.2 Å². The van der Waals surface area contributed by atoms with Crippen molar-refractivity contribution < 1.29 is 23.5 Å². The van der Waals surface area contributed by atoms with Crippen LogP contribution in [0.5, 0.6) is 11.5 Å². The number of furan rings is 1. The molecule has 0 aliphatic heterocycles. The molecule has 0 radical (unpaired) electrons. The second-order valence-corrected chi connectivity index (χ2v) is 5.89. The zero-order valence-corrected chi connectivity index (χ0v) is 15.0. The highest BCUT2D eigenvalue weighted by Gasteiger charge is 2.16. The first-order chi connectivity index (χ1) is 13.0. The Morgan fingerprint density at radius 1 is 0.963 bits per heavy atom. The molecule has 1 heterocycles. The van der Waals surface area contributed by atoms with E-state index in [0.717, 1.165) is 5.75 Å². The number of benzene rings is 2. The predicted molar refractivity (Wildman–Crippen MR) is 100 cm³/mol. The normalized spacial score (nSPS) is 10.3. The minimum atomic E-state index is -0.592. The number of anilines is 1. The van der Waals surface area contributed by atoms with Gasteiger partial charge in [0.1, 0.15) is 28.6 Å². The molecule has 138 valence electrons. The molecule has 0 saturated carbocycles. The summed E-state index contributed by atoms with van der Waals surface area (Å²) < 4.78 is 16.0. The van der Waals surface area contributed by atoms with Gasteiger partial charge >= 0.3 is 5.97 Å². The van der Waals surface area contributed by atoms with Crippen LogP contribution < -0.4 is 10.1 Å². The van der Waals surface area contributed by atoms with Crippen LogP contribution in [-0.2, 0) is 9.53 Å². The highest BCUT2D eigenvalue weighted by Crippen LogP contribution is 2.22. The molecule has 0 bridgehead atoms. The summed E-state index contributed by atoms with van der Waals surface area (Å²) in [6.45, 7) is 3.02. The third-order valence-corrected chi connectivity index (χ3v) is 3.71. The third-order valence-electron chi connectivity index (χ3n) is 3.71. The van der Waals surface area contributed by atoms with Gasteiger partial charge in [0, 0.05) is 5.69 Å². The zero-order chi connectivity index (χ0) is 19.2. The summed E-state index contributed by atoms with van der Waals surface area (Å²) in [6, 6.07) is 17.9. The van der Waals surface area contributed by atoms with Crippen molar-refractivity contribution in [3.8, 4) is 11.5 Å². The van der Waals surface area contributed by atoms with E-state index in [9.17, 15) is 9.59 Å². The standard InChI is InChI=1S/C21H19NO5/c1-14-12-19(15(2)26-14)21(24)25-13-20(23)22-16-8-10-18(11-9-16)27-17-6-4-3-5-7-17/h3-12H,13H2,1-2H3,(H,22,23). The van der Waals surface area contributed by atoms with Gasteiger partial charge in [0.05, 0.1) is 0 Å². The van der Waals surface area contributed by atoms with Gasteiger partial charge in [-0.1, -0.05) is 18.2 Å². The molecule has 6 nitrogen and oxygen atoms in total. The monoisotopic (exact) mass is 365 g/mol. The van der Waals surface area contributed by atoms with E-state index in [1.54, 1.807) is 44.2 Å². The fraction of sp³-hybridized carbons (Fsp3) is 0.143. The van der Waals surface area contributed by atoms with Crippen molar-refractivity contribution in [2.75, 3.05) is 11.9 Å². The van der Waals surface area contributed by atoms with E-state index in [1.807, 2.05) is 30.3 Å². The van der Waals surface area contributed by atoms with Crippen molar-refractivity contribution in [1.82, 2.24) is 0 Å². The van der Waals surface area contributed by atoms with Gasteiger partial charge in [-0.3, -0.25) is 4.79 Å². The summed E-state index contributed by atoms with van der Waals surface area (Å²) in [7, 11) is 0. The SMILES string of the molecule is Cc1cc(C(=O)OCC(=O)Nc2ccc(Oc3ccccc3)cc2)c(C)o1. The summed E-state index contributed by atoms with van der Waals surface area (Å²) >= 11 is 0. The van der Waals surface area contributed by atoms with E-state index >= 15 is 0 Å². The number of nitrogens with one attached hydrogen (secondary N) is 1. The fourth-order valence-corrected chi connectivity index (χ4v) is 2.47. The molecule has 2 aromatic carbocycles. The lowest BCUT2D eigenvalue weighted by atomic mass is 10.2. The minimum Gasteiger partial charge on any atom is -0.466 e. The van der Waals surface area contributed by atoms with Crippen molar-refractivity contribution in [2.24, 2.45) is 0 Å². The Hall–Kier alpha value is -3.54. The molecule has 0 saturated heterocycles. The highest BCUT2D eigenvalue weighted by atomic mass is 16.5. The average Bonchev–Trinajstić information content (AvgIpc) is 3.00. The van der Waals surface area contributed by atoms with Gasteiger partial charge in [-0.25, -0.2) is 4.79 Å². The largest absolute Gasteiger partial charge is 0.466 e. The van der Waals surface area contributed by atoms with E-state index < -0.39 is 11.9 Å². The lowest BCUT2D eigenvalue weighted by Gasteiger charge is -2.08. The number of aryl methyl sites for hydroxylation is 2. The smallest absolute Gasteiger partial charge is 0.342 e. The number of esters is 1. The first-order valence-corrected chi connectivity index (χ1v) is 8.38. The summed E-state index contributed by atoms with van der Waals surface area (Å²) in [5.74, 6) is 1.43. The van der Waals surface area contributed by atoms with Crippen LogP contribution in [0.15, 0.2) is 65.1 Å². The van der Waals surface area contributed by atoms with Crippen LogP contribution in [0, 0.1) is 13.8 Å². The van der Waals surface area contributed by atoms with Crippen LogP contribution in [0.1, 0.15) is 21.9 Å². The van der Waals surface area contributed by atoms with Gasteiger partial charge in [0.15, 0.2) is 6.61 Å². The van der Waals surface area contributed by atoms with Crippen LogP contribution in [0.3, 0.4) is 0 Å². The minimum absolute atomic E-state index is 0.322. The maximum atomic E-state index is 12.0. The molecular formula is C21H19NO5. The number of hydrogen-bond donors (Lipinski definition) is 1. The van der Waals surface area contributed by atoms with Crippen LogP contribution in [0.4, 0.5) is 5.69 Å². The summed E-state index contributed by atoms with van der Waals surface area (Å²) in [4.78, 5) is 23.9. The molecule has 27 heavy (non-hydrogen) atoms. The van der Waals surface area contributed by atoms with Gasteiger partial charge in [0.25, 0.3) is 5.91 Å². The second kappa shape index (κ2) is 8.23. The summed E-state index contributed by atoms with van der Waals surface area (Å²) in [6.07, 6.45) is 0. The first kappa shape index (κ1) is 18.3.